The van der Waals surface area contributed by atoms with Crippen LogP contribution in [0.25, 0.3) is 6.08 Å². The van der Waals surface area contributed by atoms with Crippen LogP contribution in [-0.2, 0) is 19.1 Å². The Kier molecular flexibility index (Phi) is 13.5. The van der Waals surface area contributed by atoms with Crippen molar-refractivity contribution in [2.24, 2.45) is 45.7 Å². The number of fused-ring (bicyclic) bond motifs is 4. The molecule has 6 atom stereocenters. The summed E-state index contributed by atoms with van der Waals surface area (Å²) in [7, 11) is 0. The number of hydrogen-bond donors (Lipinski definition) is 0. The number of hydrogen-bond acceptors (Lipinski definition) is 7. The van der Waals surface area contributed by atoms with Gasteiger partial charge in [0.15, 0.2) is 0 Å². The fourth-order valence-electron chi connectivity index (χ4n) is 7.48. The highest BCUT2D eigenvalue weighted by Crippen LogP contribution is 2.44. The summed E-state index contributed by atoms with van der Waals surface area (Å²) in [6, 6.07) is 23.0. The quantitative estimate of drug-likeness (QED) is 0.0513. The van der Waals surface area contributed by atoms with Gasteiger partial charge < -0.3 is 14.2 Å². The number of benzene rings is 3. The van der Waals surface area contributed by atoms with E-state index in [9.17, 15) is 9.59 Å². The molecule has 6 unspecified atom stereocenters. The van der Waals surface area contributed by atoms with Gasteiger partial charge in [-0.25, -0.2) is 4.79 Å². The number of carbonyl (C=O) groups is 2. The molecular formula is C44H49ClN2O5. The zero-order valence-corrected chi connectivity index (χ0v) is 30.7. The maximum absolute atomic E-state index is 12.2. The molecule has 272 valence electrons. The van der Waals surface area contributed by atoms with Gasteiger partial charge in [0.25, 0.3) is 0 Å². The van der Waals surface area contributed by atoms with E-state index < -0.39 is 0 Å². The van der Waals surface area contributed by atoms with Crippen LogP contribution in [0.5, 0.6) is 5.75 Å². The summed E-state index contributed by atoms with van der Waals surface area (Å²) >= 11 is 5.81. The van der Waals surface area contributed by atoms with E-state index >= 15 is 0 Å². The molecule has 7 nitrogen and oxygen atoms in total. The van der Waals surface area contributed by atoms with E-state index in [4.69, 9.17) is 25.8 Å². The lowest BCUT2D eigenvalue weighted by Crippen LogP contribution is -2.22. The van der Waals surface area contributed by atoms with Gasteiger partial charge >= 0.3 is 11.9 Å². The van der Waals surface area contributed by atoms with Crippen molar-refractivity contribution in [3.8, 4) is 5.75 Å². The number of ether oxygens (including phenoxy) is 3. The van der Waals surface area contributed by atoms with Gasteiger partial charge in [0.2, 0.25) is 0 Å². The van der Waals surface area contributed by atoms with Crippen LogP contribution in [0, 0.1) is 42.4 Å². The maximum atomic E-state index is 12.2. The molecule has 0 saturated heterocycles. The summed E-state index contributed by atoms with van der Waals surface area (Å²) in [6.45, 7) is 3.81. The molecule has 8 heteroatoms. The molecule has 4 bridgehead atoms. The molecule has 3 aromatic rings. The molecule has 0 amide bonds. The van der Waals surface area contributed by atoms with Gasteiger partial charge in [0.1, 0.15) is 5.75 Å². The van der Waals surface area contributed by atoms with Crippen LogP contribution in [0.15, 0.2) is 113 Å². The molecule has 52 heavy (non-hydrogen) atoms. The van der Waals surface area contributed by atoms with Crippen LogP contribution in [0.2, 0.25) is 5.02 Å². The van der Waals surface area contributed by atoms with Crippen molar-refractivity contribution in [1.82, 2.24) is 0 Å². The Morgan fingerprint density at radius 1 is 0.712 bits per heavy atom. The zero-order valence-electron chi connectivity index (χ0n) is 29.9. The molecule has 4 aliphatic carbocycles. The van der Waals surface area contributed by atoms with Gasteiger partial charge in [-0.1, -0.05) is 65.7 Å². The third-order valence-corrected chi connectivity index (χ3v) is 10.7. The smallest absolute Gasteiger partial charge is 0.330 e. The minimum atomic E-state index is -0.272. The fourth-order valence-corrected chi connectivity index (χ4v) is 7.60. The lowest BCUT2D eigenvalue weighted by molar-refractivity contribution is -0.149. The van der Waals surface area contributed by atoms with Crippen molar-refractivity contribution in [1.29, 1.82) is 0 Å². The number of allylic oxidation sites excluding steroid dienone is 4. The maximum Gasteiger partial charge on any atom is 0.330 e. The van der Waals surface area contributed by atoms with Gasteiger partial charge in [-0.05, 0) is 148 Å². The van der Waals surface area contributed by atoms with E-state index in [-0.39, 0.29) is 17.9 Å². The number of halogens is 1. The van der Waals surface area contributed by atoms with Gasteiger partial charge in [-0.2, -0.15) is 10.2 Å². The lowest BCUT2D eigenvalue weighted by atomic mass is 9.94. The number of carbonyl (C=O) groups excluding carboxylic acids is 2. The molecule has 0 spiro atoms. The van der Waals surface area contributed by atoms with Crippen molar-refractivity contribution in [2.75, 3.05) is 19.8 Å². The SMILES string of the molecule is Cc1ccc(N=Nc2ccc(OCCCCCCOC(=O)C3CC4C=CC3C4)cc2)cc1.O=C(/C=C/c1ccc(Cl)cc1)OCC1CC2C=CC1C2. The third-order valence-electron chi connectivity index (χ3n) is 10.4. The van der Waals surface area contributed by atoms with E-state index in [1.807, 2.05) is 60.7 Å². The van der Waals surface area contributed by atoms with Crippen molar-refractivity contribution in [3.05, 3.63) is 119 Å². The van der Waals surface area contributed by atoms with Crippen LogP contribution >= 0.6 is 11.6 Å². The second-order valence-electron chi connectivity index (χ2n) is 14.4. The molecule has 7 rings (SSSR count). The summed E-state index contributed by atoms with van der Waals surface area (Å²) < 4.78 is 16.7. The van der Waals surface area contributed by atoms with E-state index in [2.05, 4.69) is 41.5 Å². The second kappa shape index (κ2) is 18.8. The van der Waals surface area contributed by atoms with Gasteiger partial charge in [-0.15, -0.1) is 0 Å². The summed E-state index contributed by atoms with van der Waals surface area (Å²) in [6.07, 6.45) is 20.8. The number of rotatable bonds is 15. The average molecular weight is 721 g/mol. The van der Waals surface area contributed by atoms with Crippen LogP contribution < -0.4 is 4.74 Å². The molecule has 0 heterocycles. The predicted molar refractivity (Wildman–Crippen MR) is 206 cm³/mol. The number of unbranched alkanes of at least 4 members (excludes halogenated alkanes) is 3. The fraction of sp³-hybridized carbons (Fsp3) is 0.409. The molecule has 0 radical (unpaired) electrons. The largest absolute Gasteiger partial charge is 0.494 e. The standard InChI is InChI=1S/C27H32N2O3.C17H17ClO2/c1-20-6-10-23(11-7-20)28-29-24-12-14-25(15-13-24)31-16-4-2-3-5-17-32-27(30)26-19-21-8-9-22(26)18-21;18-16-6-2-12(3-7-16)4-8-17(19)20-11-15-10-13-1-5-14(15)9-13/h6-15,21-22,26H,2-5,16-19H2,1H3;1-8,13-15H,9-11H2/b;8-4+. The van der Waals surface area contributed by atoms with Gasteiger partial charge in [-0.3, -0.25) is 4.79 Å². The Hall–Kier alpha value is -4.49. The minimum Gasteiger partial charge on any atom is -0.494 e. The highest BCUT2D eigenvalue weighted by Gasteiger charge is 2.40. The molecule has 4 aliphatic rings. The molecule has 0 aromatic heterocycles. The number of azo groups is 1. The first-order valence-corrected chi connectivity index (χ1v) is 19.1. The first kappa shape index (κ1) is 37.3. The molecule has 2 fully saturated rings. The molecule has 3 aromatic carbocycles. The minimum absolute atomic E-state index is 0.00651. The third kappa shape index (κ3) is 11.3. The summed E-state index contributed by atoms with van der Waals surface area (Å²) in [5.41, 5.74) is 3.79. The van der Waals surface area contributed by atoms with Crippen molar-refractivity contribution >= 4 is 41.0 Å². The Morgan fingerprint density at radius 2 is 1.35 bits per heavy atom. The van der Waals surface area contributed by atoms with Crippen molar-refractivity contribution in [3.63, 3.8) is 0 Å². The van der Waals surface area contributed by atoms with E-state index in [1.165, 1.54) is 18.1 Å². The van der Waals surface area contributed by atoms with Gasteiger partial charge in [0, 0.05) is 11.1 Å². The molecular weight excluding hydrogens is 672 g/mol. The van der Waals surface area contributed by atoms with Crippen LogP contribution in [0.3, 0.4) is 0 Å². The Morgan fingerprint density at radius 3 is 1.96 bits per heavy atom. The number of esters is 2. The zero-order chi connectivity index (χ0) is 36.1. The average Bonchev–Trinajstić information content (AvgIpc) is 3.99. The molecule has 0 N–H and O–H groups in total. The predicted octanol–water partition coefficient (Wildman–Crippen LogP) is 11.2. The van der Waals surface area contributed by atoms with Crippen LogP contribution in [-0.4, -0.2) is 31.8 Å². The van der Waals surface area contributed by atoms with Crippen molar-refractivity contribution in [2.45, 2.75) is 58.3 Å². The second-order valence-corrected chi connectivity index (χ2v) is 14.8. The number of nitrogens with zero attached hydrogens (tertiary/aromatic N) is 2. The lowest BCUT2D eigenvalue weighted by Gasteiger charge is -2.17. The van der Waals surface area contributed by atoms with E-state index in [1.54, 1.807) is 18.2 Å². The number of aryl methyl sites for hydroxylation is 1. The summed E-state index contributed by atoms with van der Waals surface area (Å²) in [4.78, 5) is 23.9. The Bertz CT molecular complexity index is 1730. The topological polar surface area (TPSA) is 86.6 Å². The Labute approximate surface area is 312 Å². The highest BCUT2D eigenvalue weighted by molar-refractivity contribution is 6.30. The summed E-state index contributed by atoms with van der Waals surface area (Å²) in [5.74, 6) is 3.56. The van der Waals surface area contributed by atoms with E-state index in [0.717, 1.165) is 67.6 Å². The van der Waals surface area contributed by atoms with Crippen LogP contribution in [0.1, 0.15) is 62.5 Å². The van der Waals surface area contributed by atoms with Crippen molar-refractivity contribution < 1.29 is 23.8 Å². The first-order valence-electron chi connectivity index (χ1n) is 18.7. The normalized spacial score (nSPS) is 23.7. The summed E-state index contributed by atoms with van der Waals surface area (Å²) in [5, 5.41) is 9.20. The van der Waals surface area contributed by atoms with Crippen LogP contribution in [0.4, 0.5) is 11.4 Å². The van der Waals surface area contributed by atoms with E-state index in [0.29, 0.717) is 54.4 Å². The molecule has 2 saturated carbocycles. The first-order chi connectivity index (χ1) is 25.4. The molecule has 0 aliphatic heterocycles. The van der Waals surface area contributed by atoms with Gasteiger partial charge in [0.05, 0.1) is 37.1 Å². The Balaban J connectivity index is 0.000000198. The monoisotopic (exact) mass is 720 g/mol. The highest BCUT2D eigenvalue weighted by atomic mass is 35.5.